The molecular weight excluding hydrogens is 172 g/mol. The molecule has 1 heterocycles. The molecule has 0 aromatic rings. The molecule has 0 bridgehead atoms. The lowest BCUT2D eigenvalue weighted by Gasteiger charge is -2.18. The Bertz CT molecular complexity index is 139. The second-order valence-electron chi connectivity index (χ2n) is 5.07. The van der Waals surface area contributed by atoms with E-state index in [2.05, 4.69) is 31.4 Å². The van der Waals surface area contributed by atoms with Crippen molar-refractivity contribution >= 4 is 0 Å². The van der Waals surface area contributed by atoms with Gasteiger partial charge in [-0.2, -0.15) is 0 Å². The molecule has 2 unspecified atom stereocenters. The van der Waals surface area contributed by atoms with Crippen LogP contribution in [0.15, 0.2) is 0 Å². The number of hydrogen-bond donors (Lipinski definition) is 2. The van der Waals surface area contributed by atoms with Crippen LogP contribution in [-0.4, -0.2) is 25.2 Å². The van der Waals surface area contributed by atoms with Crippen LogP contribution in [0.1, 0.15) is 46.5 Å². The molecule has 1 aliphatic rings. The van der Waals surface area contributed by atoms with Gasteiger partial charge in [0.25, 0.3) is 0 Å². The van der Waals surface area contributed by atoms with Crippen LogP contribution < -0.4 is 10.6 Å². The zero-order chi connectivity index (χ0) is 10.4. The van der Waals surface area contributed by atoms with Gasteiger partial charge in [-0.1, -0.05) is 13.8 Å². The van der Waals surface area contributed by atoms with Crippen molar-refractivity contribution < 1.29 is 0 Å². The summed E-state index contributed by atoms with van der Waals surface area (Å²) in [6.07, 6.45) is 5.35. The molecule has 0 saturated carbocycles. The van der Waals surface area contributed by atoms with Crippen molar-refractivity contribution in [3.05, 3.63) is 0 Å². The van der Waals surface area contributed by atoms with Crippen molar-refractivity contribution in [2.75, 3.05) is 13.1 Å². The van der Waals surface area contributed by atoms with E-state index in [1.165, 1.54) is 32.2 Å². The summed E-state index contributed by atoms with van der Waals surface area (Å²) in [6.45, 7) is 9.26. The maximum absolute atomic E-state index is 3.62. The van der Waals surface area contributed by atoms with E-state index in [-0.39, 0.29) is 0 Å². The zero-order valence-electron chi connectivity index (χ0n) is 9.97. The van der Waals surface area contributed by atoms with E-state index in [0.717, 1.165) is 18.5 Å². The van der Waals surface area contributed by atoms with Crippen molar-refractivity contribution in [1.82, 2.24) is 10.6 Å². The molecule has 2 N–H and O–H groups in total. The van der Waals surface area contributed by atoms with E-state index < -0.39 is 0 Å². The molecule has 2 atom stereocenters. The van der Waals surface area contributed by atoms with Gasteiger partial charge in [-0.15, -0.1) is 0 Å². The fourth-order valence-corrected chi connectivity index (χ4v) is 1.96. The maximum Gasteiger partial charge on any atom is 0.0193 e. The first-order valence-corrected chi connectivity index (χ1v) is 6.15. The standard InChI is InChI=1S/C12H26N2/c1-10(2)6-7-11(3)14-9-12-5-4-8-13-12/h10-14H,4-9H2,1-3H3. The highest BCUT2D eigenvalue weighted by molar-refractivity contribution is 4.77. The van der Waals surface area contributed by atoms with Crippen molar-refractivity contribution in [1.29, 1.82) is 0 Å². The normalized spacial score (nSPS) is 24.4. The molecule has 0 aromatic carbocycles. The van der Waals surface area contributed by atoms with Crippen LogP contribution in [-0.2, 0) is 0 Å². The zero-order valence-corrected chi connectivity index (χ0v) is 9.97. The van der Waals surface area contributed by atoms with Crippen LogP contribution >= 0.6 is 0 Å². The lowest BCUT2D eigenvalue weighted by molar-refractivity contribution is 0.426. The Morgan fingerprint density at radius 2 is 2.07 bits per heavy atom. The lowest BCUT2D eigenvalue weighted by atomic mass is 10.0. The quantitative estimate of drug-likeness (QED) is 0.683. The van der Waals surface area contributed by atoms with Crippen LogP contribution in [0.3, 0.4) is 0 Å². The van der Waals surface area contributed by atoms with Crippen LogP contribution in [0, 0.1) is 5.92 Å². The number of rotatable bonds is 6. The molecule has 0 radical (unpaired) electrons. The minimum absolute atomic E-state index is 0.680. The van der Waals surface area contributed by atoms with Gasteiger partial charge in [-0.05, 0) is 45.1 Å². The highest BCUT2D eigenvalue weighted by Gasteiger charge is 2.14. The molecule has 0 spiro atoms. The smallest absolute Gasteiger partial charge is 0.0193 e. The Morgan fingerprint density at radius 1 is 1.29 bits per heavy atom. The molecule has 2 heteroatoms. The summed E-state index contributed by atoms with van der Waals surface area (Å²) in [7, 11) is 0. The van der Waals surface area contributed by atoms with Gasteiger partial charge in [0.2, 0.25) is 0 Å². The van der Waals surface area contributed by atoms with Crippen LogP contribution in [0.5, 0.6) is 0 Å². The van der Waals surface area contributed by atoms with Gasteiger partial charge in [0, 0.05) is 18.6 Å². The molecule has 2 nitrogen and oxygen atoms in total. The SMILES string of the molecule is CC(C)CCC(C)NCC1CCCN1. The fourth-order valence-electron chi connectivity index (χ4n) is 1.96. The van der Waals surface area contributed by atoms with Crippen molar-refractivity contribution in [3.8, 4) is 0 Å². The molecule has 0 aromatic heterocycles. The lowest BCUT2D eigenvalue weighted by Crippen LogP contribution is -2.38. The predicted molar refractivity (Wildman–Crippen MR) is 62.6 cm³/mol. The van der Waals surface area contributed by atoms with E-state index >= 15 is 0 Å². The Morgan fingerprint density at radius 3 is 2.64 bits per heavy atom. The Hall–Kier alpha value is -0.0800. The van der Waals surface area contributed by atoms with Gasteiger partial charge in [0.05, 0.1) is 0 Å². The first kappa shape index (κ1) is 12.0. The average Bonchev–Trinajstić information content (AvgIpc) is 2.63. The average molecular weight is 198 g/mol. The van der Waals surface area contributed by atoms with E-state index in [4.69, 9.17) is 0 Å². The van der Waals surface area contributed by atoms with Gasteiger partial charge in [-0.25, -0.2) is 0 Å². The van der Waals surface area contributed by atoms with Crippen LogP contribution in [0.2, 0.25) is 0 Å². The minimum Gasteiger partial charge on any atom is -0.313 e. The maximum atomic E-state index is 3.62. The van der Waals surface area contributed by atoms with Crippen molar-refractivity contribution in [2.45, 2.75) is 58.5 Å². The number of hydrogen-bond acceptors (Lipinski definition) is 2. The third-order valence-corrected chi connectivity index (χ3v) is 3.05. The Balaban J connectivity index is 1.99. The minimum atomic E-state index is 0.680. The summed E-state index contributed by atoms with van der Waals surface area (Å²) < 4.78 is 0. The largest absolute Gasteiger partial charge is 0.313 e. The van der Waals surface area contributed by atoms with E-state index in [1.807, 2.05) is 0 Å². The Kier molecular flexibility index (Phi) is 5.49. The van der Waals surface area contributed by atoms with Crippen LogP contribution in [0.25, 0.3) is 0 Å². The molecule has 84 valence electrons. The second kappa shape index (κ2) is 6.41. The van der Waals surface area contributed by atoms with Crippen molar-refractivity contribution in [3.63, 3.8) is 0 Å². The first-order chi connectivity index (χ1) is 6.68. The highest BCUT2D eigenvalue weighted by atomic mass is 15.0. The van der Waals surface area contributed by atoms with Crippen LogP contribution in [0.4, 0.5) is 0 Å². The molecule has 1 saturated heterocycles. The van der Waals surface area contributed by atoms with Crippen molar-refractivity contribution in [2.24, 2.45) is 5.92 Å². The van der Waals surface area contributed by atoms with Gasteiger partial charge in [-0.3, -0.25) is 0 Å². The van der Waals surface area contributed by atoms with Gasteiger partial charge in [0.15, 0.2) is 0 Å². The molecule has 1 fully saturated rings. The van der Waals surface area contributed by atoms with Gasteiger partial charge >= 0.3 is 0 Å². The summed E-state index contributed by atoms with van der Waals surface area (Å²) in [5.41, 5.74) is 0. The van der Waals surface area contributed by atoms with Gasteiger partial charge < -0.3 is 10.6 Å². The monoisotopic (exact) mass is 198 g/mol. The van der Waals surface area contributed by atoms with E-state index in [0.29, 0.717) is 6.04 Å². The van der Waals surface area contributed by atoms with Gasteiger partial charge in [0.1, 0.15) is 0 Å². The summed E-state index contributed by atoms with van der Waals surface area (Å²) in [5, 5.41) is 7.13. The molecule has 0 aliphatic carbocycles. The molecule has 14 heavy (non-hydrogen) atoms. The summed E-state index contributed by atoms with van der Waals surface area (Å²) >= 11 is 0. The molecule has 1 aliphatic heterocycles. The predicted octanol–water partition coefficient (Wildman–Crippen LogP) is 2.15. The summed E-state index contributed by atoms with van der Waals surface area (Å²) in [5.74, 6) is 0.837. The molecule has 0 amide bonds. The first-order valence-electron chi connectivity index (χ1n) is 6.15. The molecule has 1 rings (SSSR count). The third kappa shape index (κ3) is 4.97. The highest BCUT2D eigenvalue weighted by Crippen LogP contribution is 2.07. The van der Waals surface area contributed by atoms with E-state index in [9.17, 15) is 0 Å². The third-order valence-electron chi connectivity index (χ3n) is 3.05. The second-order valence-corrected chi connectivity index (χ2v) is 5.07. The summed E-state index contributed by atoms with van der Waals surface area (Å²) in [6, 6.07) is 1.41. The topological polar surface area (TPSA) is 24.1 Å². The van der Waals surface area contributed by atoms with E-state index in [1.54, 1.807) is 0 Å². The number of nitrogens with one attached hydrogen (secondary N) is 2. The summed E-state index contributed by atoms with van der Waals surface area (Å²) in [4.78, 5) is 0. The Labute approximate surface area is 88.8 Å². The fraction of sp³-hybridized carbons (Fsp3) is 1.00. The molecular formula is C12H26N2.